The molecule has 0 unspecified atom stereocenters. The number of imidazole rings is 1. The fourth-order valence-corrected chi connectivity index (χ4v) is 2.66. The van der Waals surface area contributed by atoms with Crippen LogP contribution < -0.4 is 5.32 Å². The summed E-state index contributed by atoms with van der Waals surface area (Å²) in [5, 5.41) is 7.27. The summed E-state index contributed by atoms with van der Waals surface area (Å²) in [5.74, 6) is 0.166. The van der Waals surface area contributed by atoms with Gasteiger partial charge in [-0.3, -0.25) is 9.48 Å². The van der Waals surface area contributed by atoms with Crippen molar-refractivity contribution < 1.29 is 9.18 Å². The Morgan fingerprint density at radius 2 is 2.12 bits per heavy atom. The van der Waals surface area contributed by atoms with Crippen LogP contribution in [0.3, 0.4) is 0 Å². The Morgan fingerprint density at radius 1 is 1.27 bits per heavy atom. The number of nitrogens with zero attached hydrogens (tertiary/aromatic N) is 4. The summed E-state index contributed by atoms with van der Waals surface area (Å²) in [6.07, 6.45) is 1.38. The molecule has 1 amide bonds. The van der Waals surface area contributed by atoms with E-state index in [0.717, 1.165) is 0 Å². The van der Waals surface area contributed by atoms with Crippen LogP contribution in [-0.4, -0.2) is 30.6 Å². The molecule has 3 heterocycles. The zero-order valence-electron chi connectivity index (χ0n) is 13.5. The SMILES string of the molecule is Cn1nc(NC(=O)c2ccc(Cl)nc2)cc1-c1nc2cc(F)ccc2[nH]1. The number of aromatic amines is 1. The molecular weight excluding hydrogens is 359 g/mol. The number of benzene rings is 1. The van der Waals surface area contributed by atoms with Crippen LogP contribution in [0, 0.1) is 5.82 Å². The lowest BCUT2D eigenvalue weighted by molar-refractivity contribution is 0.102. The highest BCUT2D eigenvalue weighted by molar-refractivity contribution is 6.29. The number of aromatic nitrogens is 5. The Labute approximate surface area is 151 Å². The van der Waals surface area contributed by atoms with Crippen molar-refractivity contribution in [3.63, 3.8) is 0 Å². The monoisotopic (exact) mass is 370 g/mol. The molecule has 4 rings (SSSR count). The summed E-state index contributed by atoms with van der Waals surface area (Å²) in [5.41, 5.74) is 2.23. The summed E-state index contributed by atoms with van der Waals surface area (Å²) in [6, 6.07) is 9.11. The van der Waals surface area contributed by atoms with E-state index in [-0.39, 0.29) is 11.7 Å². The molecule has 130 valence electrons. The normalized spacial score (nSPS) is 11.0. The number of carbonyl (C=O) groups is 1. The van der Waals surface area contributed by atoms with Crippen molar-refractivity contribution in [2.45, 2.75) is 0 Å². The third kappa shape index (κ3) is 3.02. The predicted octanol–water partition coefficient (Wildman–Crippen LogP) is 3.40. The Bertz CT molecular complexity index is 1120. The molecule has 2 N–H and O–H groups in total. The van der Waals surface area contributed by atoms with E-state index in [1.54, 1.807) is 29.9 Å². The molecule has 0 fully saturated rings. The van der Waals surface area contributed by atoms with E-state index in [2.05, 4.69) is 25.4 Å². The van der Waals surface area contributed by atoms with Gasteiger partial charge in [0.25, 0.3) is 5.91 Å². The lowest BCUT2D eigenvalue weighted by Crippen LogP contribution is -2.12. The standard InChI is InChI=1S/C17H12ClFN6O/c1-25-13(16-21-11-4-3-10(19)6-12(11)22-16)7-15(24-25)23-17(26)9-2-5-14(18)20-8-9/h2-8H,1H3,(H,21,22)(H,23,24,26). The van der Waals surface area contributed by atoms with E-state index >= 15 is 0 Å². The van der Waals surface area contributed by atoms with E-state index in [4.69, 9.17) is 11.6 Å². The zero-order chi connectivity index (χ0) is 18.3. The van der Waals surface area contributed by atoms with Crippen LogP contribution in [0.1, 0.15) is 10.4 Å². The minimum absolute atomic E-state index is 0.308. The van der Waals surface area contributed by atoms with Gasteiger partial charge in [-0.15, -0.1) is 0 Å². The van der Waals surface area contributed by atoms with Crippen LogP contribution in [0.2, 0.25) is 5.15 Å². The third-order valence-corrected chi connectivity index (χ3v) is 4.02. The van der Waals surface area contributed by atoms with Gasteiger partial charge in [0, 0.05) is 25.4 Å². The molecule has 0 spiro atoms. The lowest BCUT2D eigenvalue weighted by Gasteiger charge is -2.00. The summed E-state index contributed by atoms with van der Waals surface area (Å²) in [7, 11) is 1.72. The van der Waals surface area contributed by atoms with Crippen molar-refractivity contribution in [3.05, 3.63) is 59.1 Å². The maximum Gasteiger partial charge on any atom is 0.258 e. The van der Waals surface area contributed by atoms with Crippen molar-refractivity contribution in [1.29, 1.82) is 0 Å². The number of hydrogen-bond acceptors (Lipinski definition) is 4. The van der Waals surface area contributed by atoms with Gasteiger partial charge in [-0.2, -0.15) is 5.10 Å². The Hall–Kier alpha value is -3.26. The largest absolute Gasteiger partial charge is 0.337 e. The molecule has 0 atom stereocenters. The number of pyridine rings is 1. The van der Waals surface area contributed by atoms with Crippen molar-refractivity contribution in [3.8, 4) is 11.5 Å². The van der Waals surface area contributed by atoms with Crippen molar-refractivity contribution >= 4 is 34.4 Å². The van der Waals surface area contributed by atoms with Crippen LogP contribution >= 0.6 is 11.6 Å². The zero-order valence-corrected chi connectivity index (χ0v) is 14.3. The maximum atomic E-state index is 13.3. The van der Waals surface area contributed by atoms with Crippen LogP contribution in [0.5, 0.6) is 0 Å². The average Bonchev–Trinajstić information content (AvgIpc) is 3.17. The second-order valence-corrected chi connectivity index (χ2v) is 6.00. The van der Waals surface area contributed by atoms with Crippen molar-refractivity contribution in [2.75, 3.05) is 5.32 Å². The first-order chi connectivity index (χ1) is 12.5. The van der Waals surface area contributed by atoms with Gasteiger partial charge in [0.05, 0.1) is 16.6 Å². The van der Waals surface area contributed by atoms with E-state index in [1.807, 2.05) is 0 Å². The van der Waals surface area contributed by atoms with E-state index < -0.39 is 0 Å². The Morgan fingerprint density at radius 3 is 2.88 bits per heavy atom. The Balaban J connectivity index is 1.62. The quantitative estimate of drug-likeness (QED) is 0.541. The van der Waals surface area contributed by atoms with E-state index in [9.17, 15) is 9.18 Å². The summed E-state index contributed by atoms with van der Waals surface area (Å²) >= 11 is 5.72. The Kier molecular flexibility index (Phi) is 3.89. The fourth-order valence-electron chi connectivity index (χ4n) is 2.55. The van der Waals surface area contributed by atoms with Gasteiger partial charge >= 0.3 is 0 Å². The fraction of sp³-hybridized carbons (Fsp3) is 0.0588. The van der Waals surface area contributed by atoms with E-state index in [0.29, 0.717) is 39.1 Å². The molecule has 0 aliphatic heterocycles. The molecule has 0 saturated carbocycles. The van der Waals surface area contributed by atoms with Gasteiger partial charge in [-0.25, -0.2) is 14.4 Å². The van der Waals surface area contributed by atoms with Crippen molar-refractivity contribution in [2.24, 2.45) is 7.05 Å². The first-order valence-electron chi connectivity index (χ1n) is 7.62. The van der Waals surface area contributed by atoms with Crippen LogP contribution in [0.4, 0.5) is 10.2 Å². The molecule has 9 heteroatoms. The molecular formula is C17H12ClFN6O. The van der Waals surface area contributed by atoms with Crippen LogP contribution in [0.25, 0.3) is 22.6 Å². The number of carbonyl (C=O) groups excluding carboxylic acids is 1. The predicted molar refractivity (Wildman–Crippen MR) is 95.5 cm³/mol. The van der Waals surface area contributed by atoms with Gasteiger partial charge in [-0.1, -0.05) is 11.6 Å². The molecule has 0 aliphatic rings. The summed E-state index contributed by atoms with van der Waals surface area (Å²) in [6.45, 7) is 0. The topological polar surface area (TPSA) is 88.5 Å². The number of rotatable bonds is 3. The number of amides is 1. The molecule has 7 nitrogen and oxygen atoms in total. The highest BCUT2D eigenvalue weighted by Gasteiger charge is 2.14. The number of halogens is 2. The minimum Gasteiger partial charge on any atom is -0.337 e. The molecule has 4 aromatic rings. The second kappa shape index (κ2) is 6.23. The molecule has 26 heavy (non-hydrogen) atoms. The number of nitrogens with one attached hydrogen (secondary N) is 2. The molecule has 0 saturated heterocycles. The van der Waals surface area contributed by atoms with Crippen LogP contribution in [-0.2, 0) is 7.05 Å². The number of anilines is 1. The first-order valence-corrected chi connectivity index (χ1v) is 8.00. The number of aryl methyl sites for hydroxylation is 1. The summed E-state index contributed by atoms with van der Waals surface area (Å²) in [4.78, 5) is 23.6. The highest BCUT2D eigenvalue weighted by atomic mass is 35.5. The first kappa shape index (κ1) is 16.2. The molecule has 0 aliphatic carbocycles. The van der Waals surface area contributed by atoms with Gasteiger partial charge in [0.15, 0.2) is 11.6 Å². The minimum atomic E-state index is -0.356. The van der Waals surface area contributed by atoms with Gasteiger partial charge in [-0.05, 0) is 24.3 Å². The summed E-state index contributed by atoms with van der Waals surface area (Å²) < 4.78 is 14.9. The average molecular weight is 371 g/mol. The highest BCUT2D eigenvalue weighted by Crippen LogP contribution is 2.23. The molecule has 0 radical (unpaired) electrons. The molecule has 3 aromatic heterocycles. The maximum absolute atomic E-state index is 13.3. The number of fused-ring (bicyclic) bond motifs is 1. The molecule has 1 aromatic carbocycles. The lowest BCUT2D eigenvalue weighted by atomic mass is 10.2. The van der Waals surface area contributed by atoms with Crippen LogP contribution in [0.15, 0.2) is 42.6 Å². The van der Waals surface area contributed by atoms with Gasteiger partial charge < -0.3 is 10.3 Å². The molecule has 0 bridgehead atoms. The van der Waals surface area contributed by atoms with Gasteiger partial charge in [0.2, 0.25) is 0 Å². The number of H-pyrrole nitrogens is 1. The van der Waals surface area contributed by atoms with E-state index in [1.165, 1.54) is 24.4 Å². The van der Waals surface area contributed by atoms with Crippen molar-refractivity contribution in [1.82, 2.24) is 24.7 Å². The second-order valence-electron chi connectivity index (χ2n) is 5.61. The van der Waals surface area contributed by atoms with Gasteiger partial charge in [0.1, 0.15) is 16.7 Å². The number of hydrogen-bond donors (Lipinski definition) is 2. The smallest absolute Gasteiger partial charge is 0.258 e. The third-order valence-electron chi connectivity index (χ3n) is 3.80.